The van der Waals surface area contributed by atoms with Gasteiger partial charge >= 0.3 is 5.97 Å². The van der Waals surface area contributed by atoms with Gasteiger partial charge in [-0.1, -0.05) is 12.1 Å². The minimum absolute atomic E-state index is 0.0636. The monoisotopic (exact) mass is 310 g/mol. The molecule has 0 spiro atoms. The van der Waals surface area contributed by atoms with Gasteiger partial charge in [0.15, 0.2) is 0 Å². The summed E-state index contributed by atoms with van der Waals surface area (Å²) in [5, 5.41) is 9.03. The number of nitrogens with zero attached hydrogens (tertiary/aromatic N) is 2. The first-order valence-corrected chi connectivity index (χ1v) is 7.73. The molecule has 1 amide bonds. The number of pyridine rings is 1. The second kappa shape index (κ2) is 6.60. The summed E-state index contributed by atoms with van der Waals surface area (Å²) in [6.07, 6.45) is 6.26. The predicted octanol–water partition coefficient (Wildman–Crippen LogP) is 3.07. The van der Waals surface area contributed by atoms with E-state index in [1.807, 2.05) is 17.0 Å². The van der Waals surface area contributed by atoms with Gasteiger partial charge in [0.1, 0.15) is 0 Å². The molecule has 1 aromatic heterocycles. The molecule has 0 radical (unpaired) electrons. The summed E-state index contributed by atoms with van der Waals surface area (Å²) < 4.78 is 0. The molecule has 1 aliphatic rings. The Bertz CT molecular complexity index is 719. The number of aromatic carboxylic acids is 1. The molecular formula is C18H18N2O3. The molecule has 0 unspecified atom stereocenters. The van der Waals surface area contributed by atoms with Gasteiger partial charge in [-0.3, -0.25) is 9.78 Å². The second-order valence-electron chi connectivity index (χ2n) is 5.70. The third kappa shape index (κ3) is 3.39. The van der Waals surface area contributed by atoms with Crippen LogP contribution in [0.25, 0.3) is 11.1 Å². The van der Waals surface area contributed by atoms with Crippen LogP contribution in [0, 0.1) is 0 Å². The Morgan fingerprint density at radius 3 is 2.26 bits per heavy atom. The van der Waals surface area contributed by atoms with Crippen LogP contribution in [0.3, 0.4) is 0 Å². The normalized spacial score (nSPS) is 14.5. The van der Waals surface area contributed by atoms with Crippen molar-refractivity contribution in [2.24, 2.45) is 0 Å². The van der Waals surface area contributed by atoms with Crippen LogP contribution in [-0.4, -0.2) is 40.0 Å². The number of rotatable bonds is 3. The number of carbonyl (C=O) groups is 2. The smallest absolute Gasteiger partial charge is 0.337 e. The Kier molecular flexibility index (Phi) is 4.37. The summed E-state index contributed by atoms with van der Waals surface area (Å²) in [7, 11) is 0. The molecular weight excluding hydrogens is 292 g/mol. The molecule has 0 saturated carbocycles. The second-order valence-corrected chi connectivity index (χ2v) is 5.70. The number of amides is 1. The Labute approximate surface area is 134 Å². The van der Waals surface area contributed by atoms with Crippen molar-refractivity contribution in [2.45, 2.75) is 19.3 Å². The zero-order valence-corrected chi connectivity index (χ0v) is 12.7. The van der Waals surface area contributed by atoms with E-state index in [0.29, 0.717) is 5.56 Å². The van der Waals surface area contributed by atoms with Gasteiger partial charge in [-0.25, -0.2) is 4.79 Å². The van der Waals surface area contributed by atoms with Gasteiger partial charge < -0.3 is 10.0 Å². The molecule has 1 aliphatic heterocycles. The molecule has 3 rings (SSSR count). The largest absolute Gasteiger partial charge is 0.478 e. The number of benzene rings is 1. The van der Waals surface area contributed by atoms with Crippen LogP contribution >= 0.6 is 0 Å². The molecule has 1 N–H and O–H groups in total. The number of piperidine rings is 1. The maximum Gasteiger partial charge on any atom is 0.337 e. The number of carbonyl (C=O) groups excluding carboxylic acids is 1. The lowest BCUT2D eigenvalue weighted by molar-refractivity contribution is 0.0694. The van der Waals surface area contributed by atoms with Crippen molar-refractivity contribution in [3.05, 3.63) is 53.9 Å². The van der Waals surface area contributed by atoms with Crippen LogP contribution in [0.15, 0.2) is 42.7 Å². The topological polar surface area (TPSA) is 70.5 Å². The van der Waals surface area contributed by atoms with E-state index in [4.69, 9.17) is 5.11 Å². The van der Waals surface area contributed by atoms with Crippen LogP contribution < -0.4 is 0 Å². The van der Waals surface area contributed by atoms with Crippen molar-refractivity contribution in [2.75, 3.05) is 13.1 Å². The van der Waals surface area contributed by atoms with Crippen molar-refractivity contribution < 1.29 is 14.7 Å². The maximum atomic E-state index is 12.4. The Morgan fingerprint density at radius 2 is 1.61 bits per heavy atom. The molecule has 0 bridgehead atoms. The van der Waals surface area contributed by atoms with Crippen molar-refractivity contribution in [3.8, 4) is 11.1 Å². The molecule has 23 heavy (non-hydrogen) atoms. The standard InChI is InChI=1S/C18H18N2O3/c21-17(20-8-2-1-3-9-20)14-6-4-13(5-7-14)15-10-16(18(22)23)12-19-11-15/h4-7,10-12H,1-3,8-9H2,(H,22,23). The summed E-state index contributed by atoms with van der Waals surface area (Å²) in [6.45, 7) is 1.65. The van der Waals surface area contributed by atoms with E-state index in [1.165, 1.54) is 12.6 Å². The van der Waals surface area contributed by atoms with E-state index < -0.39 is 5.97 Å². The van der Waals surface area contributed by atoms with Crippen molar-refractivity contribution in [1.82, 2.24) is 9.88 Å². The molecule has 1 aromatic carbocycles. The SMILES string of the molecule is O=C(O)c1cncc(-c2ccc(C(=O)N3CCCCC3)cc2)c1. The zero-order chi connectivity index (χ0) is 16.2. The first kappa shape index (κ1) is 15.2. The molecule has 0 aliphatic carbocycles. The van der Waals surface area contributed by atoms with Crippen LogP contribution in [0.2, 0.25) is 0 Å². The fourth-order valence-corrected chi connectivity index (χ4v) is 2.80. The minimum atomic E-state index is -1.00. The number of hydrogen-bond acceptors (Lipinski definition) is 3. The average Bonchev–Trinajstić information content (AvgIpc) is 2.62. The first-order chi connectivity index (χ1) is 11.1. The molecule has 2 aromatic rings. The van der Waals surface area contributed by atoms with Gasteiger partial charge in [0.05, 0.1) is 5.56 Å². The van der Waals surface area contributed by atoms with Gasteiger partial charge in [0.25, 0.3) is 5.91 Å². The number of hydrogen-bond donors (Lipinski definition) is 1. The quantitative estimate of drug-likeness (QED) is 0.946. The Hall–Kier alpha value is -2.69. The highest BCUT2D eigenvalue weighted by molar-refractivity contribution is 5.95. The molecule has 118 valence electrons. The van der Waals surface area contributed by atoms with Crippen molar-refractivity contribution in [3.63, 3.8) is 0 Å². The predicted molar refractivity (Wildman–Crippen MR) is 86.4 cm³/mol. The minimum Gasteiger partial charge on any atom is -0.478 e. The molecule has 5 nitrogen and oxygen atoms in total. The number of likely N-dealkylation sites (tertiary alicyclic amines) is 1. The van der Waals surface area contributed by atoms with Gasteiger partial charge in [-0.2, -0.15) is 0 Å². The fourth-order valence-electron chi connectivity index (χ4n) is 2.80. The van der Waals surface area contributed by atoms with Crippen LogP contribution in [0.4, 0.5) is 0 Å². The number of aromatic nitrogens is 1. The third-order valence-electron chi connectivity index (χ3n) is 4.09. The molecule has 1 fully saturated rings. The summed E-state index contributed by atoms with van der Waals surface area (Å²) >= 11 is 0. The average molecular weight is 310 g/mol. The third-order valence-corrected chi connectivity index (χ3v) is 4.09. The van der Waals surface area contributed by atoms with Gasteiger partial charge in [0, 0.05) is 36.6 Å². The van der Waals surface area contributed by atoms with Crippen LogP contribution in [-0.2, 0) is 0 Å². The van der Waals surface area contributed by atoms with Gasteiger partial charge in [0.2, 0.25) is 0 Å². The molecule has 5 heteroatoms. The van der Waals surface area contributed by atoms with E-state index >= 15 is 0 Å². The summed E-state index contributed by atoms with van der Waals surface area (Å²) in [6, 6.07) is 8.83. The van der Waals surface area contributed by atoms with Crippen LogP contribution in [0.1, 0.15) is 40.0 Å². The van der Waals surface area contributed by atoms with Crippen molar-refractivity contribution in [1.29, 1.82) is 0 Å². The van der Waals surface area contributed by atoms with Gasteiger partial charge in [-0.15, -0.1) is 0 Å². The summed E-state index contributed by atoms with van der Waals surface area (Å²) in [5.41, 5.74) is 2.38. The molecule has 1 saturated heterocycles. The van der Waals surface area contributed by atoms with Gasteiger partial charge in [-0.05, 0) is 43.0 Å². The lowest BCUT2D eigenvalue weighted by atomic mass is 10.0. The van der Waals surface area contributed by atoms with E-state index in [9.17, 15) is 9.59 Å². The summed E-state index contributed by atoms with van der Waals surface area (Å²) in [5.74, 6) is -0.940. The zero-order valence-electron chi connectivity index (χ0n) is 12.7. The van der Waals surface area contributed by atoms with E-state index in [2.05, 4.69) is 4.98 Å². The van der Waals surface area contributed by atoms with Crippen LogP contribution in [0.5, 0.6) is 0 Å². The highest BCUT2D eigenvalue weighted by Crippen LogP contribution is 2.21. The van der Waals surface area contributed by atoms with E-state index in [-0.39, 0.29) is 11.5 Å². The lowest BCUT2D eigenvalue weighted by Gasteiger charge is -2.26. The van der Waals surface area contributed by atoms with E-state index in [1.54, 1.807) is 24.4 Å². The maximum absolute atomic E-state index is 12.4. The van der Waals surface area contributed by atoms with Crippen molar-refractivity contribution >= 4 is 11.9 Å². The highest BCUT2D eigenvalue weighted by atomic mass is 16.4. The van der Waals surface area contributed by atoms with E-state index in [0.717, 1.165) is 37.1 Å². The molecule has 2 heterocycles. The fraction of sp³-hybridized carbons (Fsp3) is 0.278. The lowest BCUT2D eigenvalue weighted by Crippen LogP contribution is -2.35. The Morgan fingerprint density at radius 1 is 0.913 bits per heavy atom. The number of carboxylic acids is 1. The first-order valence-electron chi connectivity index (χ1n) is 7.73. The summed E-state index contributed by atoms with van der Waals surface area (Å²) in [4.78, 5) is 29.3. The highest BCUT2D eigenvalue weighted by Gasteiger charge is 2.18. The molecule has 0 atom stereocenters. The number of carboxylic acid groups (broad SMARTS) is 1. The Balaban J connectivity index is 1.80.